The highest BCUT2D eigenvalue weighted by Gasteiger charge is 2.24. The number of rotatable bonds is 12. The van der Waals surface area contributed by atoms with Crippen molar-refractivity contribution in [1.29, 1.82) is 0 Å². The summed E-state index contributed by atoms with van der Waals surface area (Å²) in [7, 11) is 0. The maximum absolute atomic E-state index is 11.9. The van der Waals surface area contributed by atoms with Crippen molar-refractivity contribution in [3.8, 4) is 0 Å². The van der Waals surface area contributed by atoms with Crippen LogP contribution < -0.4 is 10.6 Å². The van der Waals surface area contributed by atoms with E-state index in [0.29, 0.717) is 39.4 Å². The Morgan fingerprint density at radius 1 is 0.929 bits per heavy atom. The number of carbonyl (C=O) groups excluding carboxylic acids is 3. The fourth-order valence-corrected chi connectivity index (χ4v) is 2.88. The molecule has 0 unspecified atom stereocenters. The van der Waals surface area contributed by atoms with Crippen molar-refractivity contribution in [3.05, 3.63) is 0 Å². The minimum absolute atomic E-state index is 0.00593. The molecule has 0 radical (unpaired) electrons. The van der Waals surface area contributed by atoms with Gasteiger partial charge in [0.25, 0.3) is 0 Å². The molecule has 0 aromatic rings. The summed E-state index contributed by atoms with van der Waals surface area (Å²) in [6.07, 6.45) is 3.81. The third-order valence-corrected chi connectivity index (χ3v) is 4.58. The largest absolute Gasteiger partial charge is 0.379 e. The van der Waals surface area contributed by atoms with Gasteiger partial charge in [0.15, 0.2) is 0 Å². The van der Waals surface area contributed by atoms with Crippen LogP contribution in [0.4, 0.5) is 0 Å². The Hall–Kier alpha value is -1.47. The van der Waals surface area contributed by atoms with Crippen LogP contribution in [0.2, 0.25) is 0 Å². The van der Waals surface area contributed by atoms with Gasteiger partial charge in [-0.05, 0) is 32.6 Å². The van der Waals surface area contributed by atoms with E-state index in [4.69, 9.17) is 9.47 Å². The molecule has 1 aliphatic rings. The first-order valence-electron chi connectivity index (χ1n) is 10.6. The van der Waals surface area contributed by atoms with Crippen LogP contribution in [0.25, 0.3) is 0 Å². The van der Waals surface area contributed by atoms with E-state index in [1.807, 2.05) is 27.7 Å². The van der Waals surface area contributed by atoms with E-state index in [-0.39, 0.29) is 35.5 Å². The van der Waals surface area contributed by atoms with E-state index in [0.717, 1.165) is 25.7 Å². The van der Waals surface area contributed by atoms with Crippen molar-refractivity contribution >= 4 is 17.6 Å². The molecule has 1 fully saturated rings. The number of amides is 2. The molecule has 164 valence electrons. The van der Waals surface area contributed by atoms with Gasteiger partial charge in [0, 0.05) is 30.8 Å². The third-order valence-electron chi connectivity index (χ3n) is 4.58. The van der Waals surface area contributed by atoms with Crippen LogP contribution in [0.15, 0.2) is 0 Å². The fourth-order valence-electron chi connectivity index (χ4n) is 2.88. The van der Waals surface area contributed by atoms with Crippen LogP contribution in [0, 0.1) is 11.8 Å². The van der Waals surface area contributed by atoms with Crippen LogP contribution in [0.1, 0.15) is 66.7 Å². The molecular formula is C21H40N2O5. The van der Waals surface area contributed by atoms with E-state index >= 15 is 0 Å². The van der Waals surface area contributed by atoms with Gasteiger partial charge in [-0.3, -0.25) is 14.4 Å². The Balaban J connectivity index is 0.00000352. The Labute approximate surface area is 170 Å². The second-order valence-corrected chi connectivity index (χ2v) is 7.15. The molecule has 2 N–H and O–H groups in total. The molecule has 28 heavy (non-hydrogen) atoms. The van der Waals surface area contributed by atoms with Gasteiger partial charge >= 0.3 is 0 Å². The lowest BCUT2D eigenvalue weighted by atomic mass is 9.84. The Kier molecular flexibility index (Phi) is 15.6. The molecule has 2 amide bonds. The minimum Gasteiger partial charge on any atom is -0.379 e. The normalized spacial score (nSPS) is 18.8. The Morgan fingerprint density at radius 2 is 1.50 bits per heavy atom. The van der Waals surface area contributed by atoms with Crippen molar-refractivity contribution in [2.75, 3.05) is 33.0 Å². The van der Waals surface area contributed by atoms with Crippen LogP contribution in [0.3, 0.4) is 0 Å². The summed E-state index contributed by atoms with van der Waals surface area (Å²) in [5, 5.41) is 5.79. The Bertz CT molecular complexity index is 446. The second-order valence-electron chi connectivity index (χ2n) is 7.15. The van der Waals surface area contributed by atoms with Gasteiger partial charge in [-0.25, -0.2) is 0 Å². The zero-order valence-electron chi connectivity index (χ0n) is 18.3. The summed E-state index contributed by atoms with van der Waals surface area (Å²) in [4.78, 5) is 34.6. The average Bonchev–Trinajstić information content (AvgIpc) is 2.68. The number of Topliss-reactive ketones (excluding diaryl/α,β-unsaturated/α-hetero) is 1. The molecule has 0 saturated heterocycles. The quantitative estimate of drug-likeness (QED) is 0.491. The Morgan fingerprint density at radius 3 is 2.04 bits per heavy atom. The lowest BCUT2D eigenvalue weighted by molar-refractivity contribution is -0.124. The van der Waals surface area contributed by atoms with Gasteiger partial charge in [-0.15, -0.1) is 0 Å². The van der Waals surface area contributed by atoms with Gasteiger partial charge in [0.2, 0.25) is 11.8 Å². The summed E-state index contributed by atoms with van der Waals surface area (Å²) in [6.45, 7) is 11.5. The molecule has 0 aromatic heterocycles. The number of ether oxygens (including phenoxy) is 2. The molecule has 1 rings (SSSR count). The summed E-state index contributed by atoms with van der Waals surface area (Å²) in [5.74, 6) is 0.422. The molecule has 7 heteroatoms. The van der Waals surface area contributed by atoms with E-state index in [1.54, 1.807) is 6.92 Å². The van der Waals surface area contributed by atoms with Crippen molar-refractivity contribution in [2.24, 2.45) is 11.8 Å². The minimum atomic E-state index is -0.0198. The van der Waals surface area contributed by atoms with Crippen LogP contribution in [-0.2, 0) is 23.9 Å². The molecule has 0 spiro atoms. The van der Waals surface area contributed by atoms with Crippen LogP contribution in [0.5, 0.6) is 0 Å². The van der Waals surface area contributed by atoms with Crippen molar-refractivity contribution in [1.82, 2.24) is 10.6 Å². The van der Waals surface area contributed by atoms with Crippen LogP contribution >= 0.6 is 0 Å². The molecule has 0 atom stereocenters. The topological polar surface area (TPSA) is 93.7 Å². The average molecular weight is 401 g/mol. The molecule has 0 heterocycles. The molecular weight excluding hydrogens is 360 g/mol. The second kappa shape index (κ2) is 16.5. The summed E-state index contributed by atoms with van der Waals surface area (Å²) in [5.41, 5.74) is 0. The smallest absolute Gasteiger partial charge is 0.222 e. The predicted octanol–water partition coefficient (Wildman–Crippen LogP) is 2.47. The van der Waals surface area contributed by atoms with Gasteiger partial charge in [0.1, 0.15) is 5.78 Å². The molecule has 0 aliphatic heterocycles. The zero-order chi connectivity index (χ0) is 21.4. The molecule has 1 saturated carbocycles. The van der Waals surface area contributed by atoms with E-state index in [2.05, 4.69) is 10.6 Å². The van der Waals surface area contributed by atoms with Crippen molar-refractivity contribution in [2.45, 2.75) is 72.8 Å². The zero-order valence-corrected chi connectivity index (χ0v) is 18.3. The maximum Gasteiger partial charge on any atom is 0.222 e. The molecule has 0 aromatic carbocycles. The highest BCUT2D eigenvalue weighted by Crippen LogP contribution is 2.24. The first-order valence-corrected chi connectivity index (χ1v) is 10.6. The number of ketones is 1. The number of hydrogen-bond donors (Lipinski definition) is 2. The third kappa shape index (κ3) is 12.8. The number of nitrogens with one attached hydrogen (secondary N) is 2. The first-order chi connectivity index (χ1) is 13.4. The maximum atomic E-state index is 11.9. The lowest BCUT2D eigenvalue weighted by Gasteiger charge is -2.27. The highest BCUT2D eigenvalue weighted by molar-refractivity contribution is 5.79. The van der Waals surface area contributed by atoms with E-state index < -0.39 is 0 Å². The first kappa shape index (κ1) is 26.5. The standard InChI is InChI=1S/C19H34N2O5.C2H6/c1-14(2)19(24)20-9-11-26-13-12-25-10-8-18(23)21-17-6-4-16(5-7-17)15(3)22;1-2/h14,16-17H,4-13H2,1-3H3,(H,20,24)(H,21,23);1-2H3. The van der Waals surface area contributed by atoms with Gasteiger partial charge < -0.3 is 20.1 Å². The number of carbonyl (C=O) groups is 3. The summed E-state index contributed by atoms with van der Waals surface area (Å²) < 4.78 is 10.7. The van der Waals surface area contributed by atoms with Gasteiger partial charge in [-0.1, -0.05) is 27.7 Å². The van der Waals surface area contributed by atoms with E-state index in [1.165, 1.54) is 0 Å². The van der Waals surface area contributed by atoms with Crippen molar-refractivity contribution in [3.63, 3.8) is 0 Å². The van der Waals surface area contributed by atoms with E-state index in [9.17, 15) is 14.4 Å². The van der Waals surface area contributed by atoms with Crippen molar-refractivity contribution < 1.29 is 23.9 Å². The number of hydrogen-bond acceptors (Lipinski definition) is 5. The predicted molar refractivity (Wildman–Crippen MR) is 110 cm³/mol. The van der Waals surface area contributed by atoms with Gasteiger partial charge in [0.05, 0.1) is 26.4 Å². The molecule has 1 aliphatic carbocycles. The molecule has 0 bridgehead atoms. The SMILES string of the molecule is CC.CC(=O)C1CCC(NC(=O)CCOCCOCCNC(=O)C(C)C)CC1. The molecule has 7 nitrogen and oxygen atoms in total. The van der Waals surface area contributed by atoms with Crippen LogP contribution in [-0.4, -0.2) is 56.6 Å². The summed E-state index contributed by atoms with van der Waals surface area (Å²) >= 11 is 0. The fraction of sp³-hybridized carbons (Fsp3) is 0.857. The van der Waals surface area contributed by atoms with Gasteiger partial charge in [-0.2, -0.15) is 0 Å². The lowest BCUT2D eigenvalue weighted by Crippen LogP contribution is -2.38. The highest BCUT2D eigenvalue weighted by atomic mass is 16.5. The monoisotopic (exact) mass is 400 g/mol. The summed E-state index contributed by atoms with van der Waals surface area (Å²) in [6, 6.07) is 0.183.